The molecule has 3 heterocycles. The number of hydrogen-bond donors (Lipinski definition) is 7. The van der Waals surface area contributed by atoms with Gasteiger partial charge in [-0.15, -0.1) is 0 Å². The van der Waals surface area contributed by atoms with Gasteiger partial charge in [-0.3, -0.25) is 14.4 Å². The van der Waals surface area contributed by atoms with Crippen molar-refractivity contribution < 1.29 is 24.3 Å². The minimum absolute atomic E-state index is 0.0404. The minimum atomic E-state index is -1.08. The average Bonchev–Trinajstić information content (AvgIpc) is 3.74. The highest BCUT2D eigenvalue weighted by molar-refractivity contribution is 7.80. The summed E-state index contributed by atoms with van der Waals surface area (Å²) in [5.74, 6) is -2.75. The molecule has 1 aliphatic rings. The van der Waals surface area contributed by atoms with Gasteiger partial charge in [0.15, 0.2) is 0 Å². The molecular weight excluding hydrogens is 556 g/mol. The lowest BCUT2D eigenvalue weighted by molar-refractivity contribution is -0.149. The van der Waals surface area contributed by atoms with Crippen molar-refractivity contribution in [2.75, 3.05) is 12.3 Å². The van der Waals surface area contributed by atoms with Crippen molar-refractivity contribution in [1.82, 2.24) is 25.5 Å². The molecule has 4 atom stereocenters. The molecule has 5 rings (SSSR count). The van der Waals surface area contributed by atoms with E-state index in [2.05, 4.69) is 33.2 Å². The maximum absolute atomic E-state index is 13.7. The van der Waals surface area contributed by atoms with Crippen molar-refractivity contribution in [2.45, 2.75) is 49.9 Å². The monoisotopic (exact) mass is 590 g/mol. The first-order valence-corrected chi connectivity index (χ1v) is 14.5. The number of aromatic nitrogens is 2. The number of fused-ring (bicyclic) bond motifs is 2. The van der Waals surface area contributed by atoms with Gasteiger partial charge in [0.2, 0.25) is 17.7 Å². The van der Waals surface area contributed by atoms with Crippen molar-refractivity contribution in [1.29, 1.82) is 0 Å². The van der Waals surface area contributed by atoms with Crippen molar-refractivity contribution in [3.63, 3.8) is 0 Å². The quantitative estimate of drug-likeness (QED) is 0.131. The van der Waals surface area contributed by atoms with Crippen LogP contribution in [0.4, 0.5) is 0 Å². The van der Waals surface area contributed by atoms with Gasteiger partial charge in [-0.1, -0.05) is 36.4 Å². The Balaban J connectivity index is 1.34. The number of benzene rings is 2. The SMILES string of the molecule is NC(Cc1c[nH]c2ccccc12)C(=O)NC(Cc1c[nH]c2ccccc12)C(=O)NC(CS)C(=O)N1CCCC1C(=O)O. The zero-order valence-corrected chi connectivity index (χ0v) is 23.8. The normalized spacial score (nSPS) is 17.2. The van der Waals surface area contributed by atoms with Crippen molar-refractivity contribution in [2.24, 2.45) is 5.73 Å². The zero-order chi connectivity index (χ0) is 29.8. The topological polar surface area (TPSA) is 173 Å². The second kappa shape index (κ2) is 12.7. The Labute approximate surface area is 247 Å². The molecule has 42 heavy (non-hydrogen) atoms. The fourth-order valence-electron chi connectivity index (χ4n) is 5.58. The van der Waals surface area contributed by atoms with Crippen LogP contribution < -0.4 is 16.4 Å². The highest BCUT2D eigenvalue weighted by atomic mass is 32.1. The van der Waals surface area contributed by atoms with E-state index in [1.807, 2.05) is 54.7 Å². The first-order valence-electron chi connectivity index (χ1n) is 13.9. The van der Waals surface area contributed by atoms with Crippen LogP contribution in [0.25, 0.3) is 21.8 Å². The summed E-state index contributed by atoms with van der Waals surface area (Å²) in [6.45, 7) is 0.286. The summed E-state index contributed by atoms with van der Waals surface area (Å²) in [4.78, 5) is 59.5. The third-order valence-electron chi connectivity index (χ3n) is 7.80. The highest BCUT2D eigenvalue weighted by Crippen LogP contribution is 2.22. The number of carbonyl (C=O) groups is 4. The fraction of sp³-hybridized carbons (Fsp3) is 0.333. The third kappa shape index (κ3) is 6.14. The molecule has 3 amide bonds. The van der Waals surface area contributed by atoms with Crippen LogP contribution in [0, 0.1) is 0 Å². The molecule has 220 valence electrons. The summed E-state index contributed by atoms with van der Waals surface area (Å²) in [5, 5.41) is 16.9. The molecule has 0 radical (unpaired) electrons. The van der Waals surface area contributed by atoms with E-state index in [9.17, 15) is 24.3 Å². The number of thiol groups is 1. The Bertz CT molecular complexity index is 1620. The highest BCUT2D eigenvalue weighted by Gasteiger charge is 2.38. The van der Waals surface area contributed by atoms with E-state index >= 15 is 0 Å². The fourth-order valence-corrected chi connectivity index (χ4v) is 5.83. The Kier molecular flexibility index (Phi) is 8.83. The summed E-state index contributed by atoms with van der Waals surface area (Å²) in [6, 6.07) is 11.3. The molecule has 12 heteroatoms. The van der Waals surface area contributed by atoms with Gasteiger partial charge in [0.25, 0.3) is 0 Å². The number of amides is 3. The lowest BCUT2D eigenvalue weighted by atomic mass is 10.0. The van der Waals surface area contributed by atoms with E-state index in [1.54, 1.807) is 6.20 Å². The van der Waals surface area contributed by atoms with Crippen molar-refractivity contribution in [3.8, 4) is 0 Å². The number of nitrogens with one attached hydrogen (secondary N) is 4. The van der Waals surface area contributed by atoms with E-state index in [-0.39, 0.29) is 25.1 Å². The number of carbonyl (C=O) groups excluding carboxylic acids is 3. The van der Waals surface area contributed by atoms with Crippen LogP contribution >= 0.6 is 12.6 Å². The molecule has 4 unspecified atom stereocenters. The number of nitrogens with two attached hydrogens (primary N) is 1. The molecule has 7 N–H and O–H groups in total. The molecule has 2 aromatic carbocycles. The van der Waals surface area contributed by atoms with Crippen molar-refractivity contribution >= 4 is 58.1 Å². The Morgan fingerprint density at radius 2 is 1.48 bits per heavy atom. The predicted molar refractivity (Wildman–Crippen MR) is 162 cm³/mol. The molecule has 0 bridgehead atoms. The van der Waals surface area contributed by atoms with E-state index in [4.69, 9.17) is 5.73 Å². The minimum Gasteiger partial charge on any atom is -0.480 e. The van der Waals surface area contributed by atoms with E-state index in [1.165, 1.54) is 4.90 Å². The number of aromatic amines is 2. The Morgan fingerprint density at radius 3 is 2.07 bits per heavy atom. The zero-order valence-electron chi connectivity index (χ0n) is 22.9. The summed E-state index contributed by atoms with van der Waals surface area (Å²) in [6.07, 6.45) is 4.90. The Hall–Kier alpha value is -4.29. The first kappa shape index (κ1) is 29.2. The average molecular weight is 591 g/mol. The largest absolute Gasteiger partial charge is 0.480 e. The van der Waals surface area contributed by atoms with E-state index in [0.717, 1.165) is 32.9 Å². The molecule has 0 saturated carbocycles. The van der Waals surface area contributed by atoms with Gasteiger partial charge in [0, 0.05) is 52.9 Å². The van der Waals surface area contributed by atoms with Gasteiger partial charge in [-0.05, 0) is 42.5 Å². The van der Waals surface area contributed by atoms with Crippen LogP contribution in [-0.4, -0.2) is 80.1 Å². The van der Waals surface area contributed by atoms with Gasteiger partial charge in [-0.25, -0.2) is 4.79 Å². The van der Waals surface area contributed by atoms with Crippen LogP contribution in [0.1, 0.15) is 24.0 Å². The van der Waals surface area contributed by atoms with E-state index < -0.39 is 47.9 Å². The lowest BCUT2D eigenvalue weighted by Gasteiger charge is -2.28. The molecule has 11 nitrogen and oxygen atoms in total. The Morgan fingerprint density at radius 1 is 0.905 bits per heavy atom. The van der Waals surface area contributed by atoms with Crippen LogP contribution in [0.5, 0.6) is 0 Å². The number of hydrogen-bond acceptors (Lipinski definition) is 6. The van der Waals surface area contributed by atoms with Gasteiger partial charge in [0.05, 0.1) is 6.04 Å². The number of para-hydroxylation sites is 2. The van der Waals surface area contributed by atoms with Gasteiger partial charge >= 0.3 is 5.97 Å². The molecule has 0 spiro atoms. The second-order valence-electron chi connectivity index (χ2n) is 10.6. The third-order valence-corrected chi connectivity index (χ3v) is 8.17. The molecule has 2 aromatic heterocycles. The predicted octanol–water partition coefficient (Wildman–Crippen LogP) is 1.74. The maximum atomic E-state index is 13.7. The number of carboxylic acid groups (broad SMARTS) is 1. The molecule has 1 aliphatic heterocycles. The summed E-state index contributed by atoms with van der Waals surface area (Å²) < 4.78 is 0. The van der Waals surface area contributed by atoms with Gasteiger partial charge in [0.1, 0.15) is 18.1 Å². The summed E-state index contributed by atoms with van der Waals surface area (Å²) >= 11 is 4.27. The van der Waals surface area contributed by atoms with Crippen LogP contribution in [0.2, 0.25) is 0 Å². The molecule has 0 aliphatic carbocycles. The summed E-state index contributed by atoms with van der Waals surface area (Å²) in [7, 11) is 0. The van der Waals surface area contributed by atoms with Gasteiger partial charge in [-0.2, -0.15) is 12.6 Å². The molecular formula is C30H34N6O5S. The summed E-state index contributed by atoms with van der Waals surface area (Å²) in [5.41, 5.74) is 9.82. The van der Waals surface area contributed by atoms with Gasteiger partial charge < -0.3 is 36.3 Å². The number of H-pyrrole nitrogens is 2. The molecule has 1 fully saturated rings. The van der Waals surface area contributed by atoms with Crippen LogP contribution in [0.15, 0.2) is 60.9 Å². The smallest absolute Gasteiger partial charge is 0.326 e. The standard InChI is InChI=1S/C30H34N6O5S/c31-21(12-17-14-32-22-8-3-1-6-19(17)22)27(37)34-24(13-18-15-33-23-9-4-2-7-20(18)23)28(38)35-25(16-42)29(39)36-11-5-10-26(36)30(40)41/h1-4,6-9,14-15,21,24-26,32-33,42H,5,10-13,16,31H2,(H,34,37)(H,35,38)(H,40,41). The van der Waals surface area contributed by atoms with Crippen LogP contribution in [-0.2, 0) is 32.0 Å². The number of rotatable bonds is 11. The second-order valence-corrected chi connectivity index (χ2v) is 10.9. The number of nitrogens with zero attached hydrogens (tertiary/aromatic N) is 1. The van der Waals surface area contributed by atoms with Crippen LogP contribution in [0.3, 0.4) is 0 Å². The first-order chi connectivity index (χ1) is 20.3. The lowest BCUT2D eigenvalue weighted by Crippen LogP contribution is -2.58. The number of aliphatic carboxylic acids is 1. The molecule has 1 saturated heterocycles. The van der Waals surface area contributed by atoms with Crippen molar-refractivity contribution in [3.05, 3.63) is 72.1 Å². The number of carboxylic acids is 1. The molecule has 4 aromatic rings. The van der Waals surface area contributed by atoms with E-state index in [0.29, 0.717) is 12.8 Å². The maximum Gasteiger partial charge on any atom is 0.326 e. The number of likely N-dealkylation sites (tertiary alicyclic amines) is 1.